The Balaban J connectivity index is 0.000000212. The minimum absolute atomic E-state index is 0.130. The van der Waals surface area contributed by atoms with Gasteiger partial charge < -0.3 is 29.2 Å². The second-order valence-electron chi connectivity index (χ2n) is 10.2. The highest BCUT2D eigenvalue weighted by Crippen LogP contribution is 2.25. The molecule has 2 fully saturated rings. The van der Waals surface area contributed by atoms with E-state index in [0.717, 1.165) is 44.9 Å². The van der Waals surface area contributed by atoms with Crippen LogP contribution in [0.5, 0.6) is 0 Å². The van der Waals surface area contributed by atoms with Gasteiger partial charge in [0.1, 0.15) is 6.10 Å². The van der Waals surface area contributed by atoms with E-state index in [0.29, 0.717) is 32.0 Å². The molecule has 2 saturated carbocycles. The molecule has 2 aliphatic carbocycles. The fourth-order valence-electron chi connectivity index (χ4n) is 4.89. The molecule has 0 aliphatic heterocycles. The predicted molar refractivity (Wildman–Crippen MR) is 150 cm³/mol. The van der Waals surface area contributed by atoms with Crippen molar-refractivity contribution >= 4 is 0 Å². The lowest BCUT2D eigenvalue weighted by Crippen LogP contribution is -2.31. The van der Waals surface area contributed by atoms with E-state index in [1.54, 1.807) is 0 Å². The number of hydrogen-bond donors (Lipinski definition) is 2. The SMILES string of the molecule is C=CCO[C@@H]1CCC[C@H](OCc2ccccc2)C1.OCC(O)CO[C@@H]1CCC[C@H](OCc2ccccc2)C1. The molecule has 2 aromatic carbocycles. The van der Waals surface area contributed by atoms with Gasteiger partial charge in [0.25, 0.3) is 0 Å². The lowest BCUT2D eigenvalue weighted by Gasteiger charge is -2.29. The van der Waals surface area contributed by atoms with Crippen LogP contribution in [-0.2, 0) is 32.2 Å². The molecular formula is C32H46O6. The Bertz CT molecular complexity index is 861. The summed E-state index contributed by atoms with van der Waals surface area (Å²) < 4.78 is 23.3. The first kappa shape index (κ1) is 30.5. The first-order valence-electron chi connectivity index (χ1n) is 14.1. The van der Waals surface area contributed by atoms with Crippen LogP contribution < -0.4 is 0 Å². The number of aliphatic hydroxyl groups excluding tert-OH is 2. The number of hydrogen-bond acceptors (Lipinski definition) is 6. The molecule has 0 bridgehead atoms. The average molecular weight is 527 g/mol. The van der Waals surface area contributed by atoms with Crippen molar-refractivity contribution in [2.75, 3.05) is 19.8 Å². The molecular weight excluding hydrogens is 480 g/mol. The third kappa shape index (κ3) is 12.2. The Morgan fingerprint density at radius 1 is 0.711 bits per heavy atom. The minimum Gasteiger partial charge on any atom is -0.394 e. The molecule has 2 aliphatic rings. The Labute approximate surface area is 228 Å². The fourth-order valence-corrected chi connectivity index (χ4v) is 4.89. The van der Waals surface area contributed by atoms with Gasteiger partial charge in [0.2, 0.25) is 0 Å². The van der Waals surface area contributed by atoms with Gasteiger partial charge in [-0.15, -0.1) is 6.58 Å². The lowest BCUT2D eigenvalue weighted by atomic mass is 9.95. The summed E-state index contributed by atoms with van der Waals surface area (Å²) in [5.41, 5.74) is 2.43. The van der Waals surface area contributed by atoms with Gasteiger partial charge >= 0.3 is 0 Å². The van der Waals surface area contributed by atoms with Crippen LogP contribution in [0.15, 0.2) is 73.3 Å². The molecule has 4 rings (SSSR count). The van der Waals surface area contributed by atoms with Gasteiger partial charge in [-0.3, -0.25) is 0 Å². The van der Waals surface area contributed by atoms with Crippen LogP contribution in [0.3, 0.4) is 0 Å². The van der Waals surface area contributed by atoms with Crippen molar-refractivity contribution in [3.05, 3.63) is 84.4 Å². The highest BCUT2D eigenvalue weighted by molar-refractivity contribution is 5.14. The molecule has 2 aromatic rings. The van der Waals surface area contributed by atoms with E-state index < -0.39 is 6.10 Å². The van der Waals surface area contributed by atoms with Crippen molar-refractivity contribution in [3.63, 3.8) is 0 Å². The van der Waals surface area contributed by atoms with Crippen LogP contribution in [0.1, 0.15) is 62.5 Å². The van der Waals surface area contributed by atoms with Crippen LogP contribution in [0.4, 0.5) is 0 Å². The van der Waals surface area contributed by atoms with Gasteiger partial charge in [0.15, 0.2) is 0 Å². The maximum absolute atomic E-state index is 9.30. The average Bonchev–Trinajstić information content (AvgIpc) is 2.98. The van der Waals surface area contributed by atoms with Crippen LogP contribution in [-0.4, -0.2) is 60.6 Å². The zero-order valence-electron chi connectivity index (χ0n) is 22.7. The largest absolute Gasteiger partial charge is 0.394 e. The van der Waals surface area contributed by atoms with Crippen molar-refractivity contribution < 1.29 is 29.2 Å². The van der Waals surface area contributed by atoms with Gasteiger partial charge in [-0.05, 0) is 62.5 Å². The van der Waals surface area contributed by atoms with E-state index in [9.17, 15) is 5.11 Å². The number of rotatable bonds is 13. The van der Waals surface area contributed by atoms with Crippen molar-refractivity contribution in [2.24, 2.45) is 0 Å². The van der Waals surface area contributed by atoms with E-state index >= 15 is 0 Å². The topological polar surface area (TPSA) is 77.4 Å². The Morgan fingerprint density at radius 3 is 1.61 bits per heavy atom. The molecule has 1 unspecified atom stereocenters. The van der Waals surface area contributed by atoms with E-state index in [4.69, 9.17) is 24.1 Å². The Morgan fingerprint density at radius 2 is 1.16 bits per heavy atom. The quantitative estimate of drug-likeness (QED) is 0.331. The highest BCUT2D eigenvalue weighted by atomic mass is 16.5. The van der Waals surface area contributed by atoms with Gasteiger partial charge in [-0.1, -0.05) is 66.7 Å². The summed E-state index contributed by atoms with van der Waals surface area (Å²) in [6.45, 7) is 5.63. The zero-order chi connectivity index (χ0) is 26.8. The summed E-state index contributed by atoms with van der Waals surface area (Å²) in [5.74, 6) is 0. The van der Waals surface area contributed by atoms with Gasteiger partial charge in [-0.25, -0.2) is 0 Å². The molecule has 2 N–H and O–H groups in total. The monoisotopic (exact) mass is 526 g/mol. The number of ether oxygens (including phenoxy) is 4. The van der Waals surface area contributed by atoms with Crippen LogP contribution in [0.2, 0.25) is 0 Å². The van der Waals surface area contributed by atoms with E-state index in [1.807, 2.05) is 30.3 Å². The molecule has 0 radical (unpaired) electrons. The van der Waals surface area contributed by atoms with Crippen molar-refractivity contribution in [1.29, 1.82) is 0 Å². The normalized spacial score (nSPS) is 24.2. The van der Waals surface area contributed by atoms with Gasteiger partial charge in [0.05, 0.1) is 57.5 Å². The summed E-state index contributed by atoms with van der Waals surface area (Å²) in [4.78, 5) is 0. The number of benzene rings is 2. The summed E-state index contributed by atoms with van der Waals surface area (Å²) in [6.07, 6.45) is 10.6. The molecule has 6 nitrogen and oxygen atoms in total. The van der Waals surface area contributed by atoms with E-state index in [-0.39, 0.29) is 25.4 Å². The van der Waals surface area contributed by atoms with Crippen LogP contribution in [0.25, 0.3) is 0 Å². The van der Waals surface area contributed by atoms with Crippen molar-refractivity contribution in [1.82, 2.24) is 0 Å². The van der Waals surface area contributed by atoms with E-state index in [1.165, 1.54) is 17.5 Å². The zero-order valence-corrected chi connectivity index (χ0v) is 22.7. The summed E-state index contributed by atoms with van der Waals surface area (Å²) in [7, 11) is 0. The predicted octanol–water partition coefficient (Wildman–Crippen LogP) is 5.60. The molecule has 0 saturated heterocycles. The maximum Gasteiger partial charge on any atom is 0.100 e. The summed E-state index contributed by atoms with van der Waals surface area (Å²) in [5, 5.41) is 18.1. The first-order chi connectivity index (χ1) is 18.7. The second-order valence-corrected chi connectivity index (χ2v) is 10.2. The fraction of sp³-hybridized carbons (Fsp3) is 0.562. The minimum atomic E-state index is -0.777. The van der Waals surface area contributed by atoms with Crippen LogP contribution in [0, 0.1) is 0 Å². The molecule has 38 heavy (non-hydrogen) atoms. The molecule has 0 amide bonds. The highest BCUT2D eigenvalue weighted by Gasteiger charge is 2.24. The molecule has 5 atom stereocenters. The van der Waals surface area contributed by atoms with E-state index in [2.05, 4.69) is 43.0 Å². The summed E-state index contributed by atoms with van der Waals surface area (Å²) >= 11 is 0. The third-order valence-corrected chi connectivity index (χ3v) is 7.00. The van der Waals surface area contributed by atoms with Gasteiger partial charge in [-0.2, -0.15) is 0 Å². The Hall–Kier alpha value is -2.06. The smallest absolute Gasteiger partial charge is 0.100 e. The Kier molecular flexibility index (Phi) is 14.7. The third-order valence-electron chi connectivity index (χ3n) is 7.00. The summed E-state index contributed by atoms with van der Waals surface area (Å²) in [6, 6.07) is 20.5. The van der Waals surface area contributed by atoms with Crippen LogP contribution >= 0.6 is 0 Å². The molecule has 0 heterocycles. The van der Waals surface area contributed by atoms with Crippen molar-refractivity contribution in [2.45, 2.75) is 95.1 Å². The molecule has 210 valence electrons. The molecule has 0 aromatic heterocycles. The number of aliphatic hydroxyl groups is 2. The molecule has 0 spiro atoms. The van der Waals surface area contributed by atoms with Gasteiger partial charge in [0, 0.05) is 0 Å². The lowest BCUT2D eigenvalue weighted by molar-refractivity contribution is -0.0759. The van der Waals surface area contributed by atoms with Crippen molar-refractivity contribution in [3.8, 4) is 0 Å². The molecule has 6 heteroatoms. The second kappa shape index (κ2) is 18.3. The first-order valence-corrected chi connectivity index (χ1v) is 14.1. The standard InChI is InChI=1S/C16H24O4.C16H22O2/c17-10-14(18)12-20-16-8-4-7-15(9-16)19-11-13-5-2-1-3-6-13;1-2-11-17-15-9-6-10-16(12-15)18-13-14-7-4-3-5-8-14/h1-3,5-6,14-18H,4,7-12H2;2-5,7-8,15-16H,1,6,9-13H2/t14?,15-,16+;15-,16+/m01/s1. The maximum atomic E-state index is 9.30.